The SMILES string of the molecule is C[NH2+]CC1C2CCC(CC2)C1c1ccc(Br)cc1.[Cl-]. The number of halogens is 2. The Morgan fingerprint density at radius 1 is 1.05 bits per heavy atom. The molecule has 106 valence electrons. The minimum absolute atomic E-state index is 0. The second-order valence-corrected chi connectivity index (χ2v) is 6.98. The summed E-state index contributed by atoms with van der Waals surface area (Å²) in [4.78, 5) is 0. The lowest BCUT2D eigenvalue weighted by Gasteiger charge is -2.48. The van der Waals surface area contributed by atoms with E-state index in [0.717, 1.165) is 23.7 Å². The number of hydrogen-bond donors (Lipinski definition) is 1. The third-order valence-corrected chi connectivity index (χ3v) is 5.68. The maximum Gasteiger partial charge on any atom is 0.0790 e. The fourth-order valence-corrected chi connectivity index (χ4v) is 4.65. The lowest BCUT2D eigenvalue weighted by molar-refractivity contribution is -0.635. The minimum Gasteiger partial charge on any atom is -1.00 e. The first kappa shape index (κ1) is 15.3. The smallest absolute Gasteiger partial charge is 0.0790 e. The van der Waals surface area contributed by atoms with E-state index in [2.05, 4.69) is 52.6 Å². The Hall–Kier alpha value is -0.0500. The number of hydrogen-bond acceptors (Lipinski definition) is 0. The van der Waals surface area contributed by atoms with Crippen LogP contribution in [-0.4, -0.2) is 13.6 Å². The van der Waals surface area contributed by atoms with Gasteiger partial charge in [0.15, 0.2) is 0 Å². The maximum absolute atomic E-state index is 3.55. The molecular weight excluding hydrogens is 322 g/mol. The van der Waals surface area contributed by atoms with E-state index in [1.807, 2.05) is 0 Å². The van der Waals surface area contributed by atoms with Crippen LogP contribution in [0.5, 0.6) is 0 Å². The summed E-state index contributed by atoms with van der Waals surface area (Å²) >= 11 is 3.55. The highest BCUT2D eigenvalue weighted by Gasteiger charge is 2.44. The Morgan fingerprint density at radius 3 is 2.21 bits per heavy atom. The van der Waals surface area contributed by atoms with Crippen molar-refractivity contribution in [1.29, 1.82) is 0 Å². The predicted molar refractivity (Wildman–Crippen MR) is 78.5 cm³/mol. The number of rotatable bonds is 3. The summed E-state index contributed by atoms with van der Waals surface area (Å²) in [5.74, 6) is 3.66. The first-order valence-corrected chi connectivity index (χ1v) is 8.12. The van der Waals surface area contributed by atoms with E-state index in [0.29, 0.717) is 0 Å². The van der Waals surface area contributed by atoms with Crippen molar-refractivity contribution >= 4 is 15.9 Å². The van der Waals surface area contributed by atoms with Crippen molar-refractivity contribution in [2.45, 2.75) is 31.6 Å². The molecule has 3 heteroatoms. The lowest BCUT2D eigenvalue weighted by Crippen LogP contribution is -3.00. The van der Waals surface area contributed by atoms with E-state index in [-0.39, 0.29) is 12.4 Å². The molecule has 3 fully saturated rings. The van der Waals surface area contributed by atoms with Gasteiger partial charge in [-0.25, -0.2) is 0 Å². The molecule has 0 amide bonds. The molecule has 3 aliphatic rings. The fraction of sp³-hybridized carbons (Fsp3) is 0.625. The molecule has 0 aromatic heterocycles. The molecule has 3 saturated carbocycles. The van der Waals surface area contributed by atoms with Gasteiger partial charge in [-0.15, -0.1) is 0 Å². The second-order valence-electron chi connectivity index (χ2n) is 6.06. The molecule has 0 radical (unpaired) electrons. The van der Waals surface area contributed by atoms with Gasteiger partial charge in [-0.2, -0.15) is 0 Å². The summed E-state index contributed by atoms with van der Waals surface area (Å²) < 4.78 is 1.20. The van der Waals surface area contributed by atoms with E-state index in [4.69, 9.17) is 0 Å². The molecule has 2 N–H and O–H groups in total. The minimum atomic E-state index is 0. The number of fused-ring (bicyclic) bond motifs is 3. The van der Waals surface area contributed by atoms with E-state index in [9.17, 15) is 0 Å². The first-order chi connectivity index (χ1) is 8.79. The highest BCUT2D eigenvalue weighted by Crippen LogP contribution is 2.52. The quantitative estimate of drug-likeness (QED) is 0.805. The molecule has 1 nitrogen and oxygen atoms in total. The van der Waals surface area contributed by atoms with Gasteiger partial charge in [-0.1, -0.05) is 28.1 Å². The van der Waals surface area contributed by atoms with Gasteiger partial charge in [-0.3, -0.25) is 0 Å². The Balaban J connectivity index is 0.00000133. The summed E-state index contributed by atoms with van der Waals surface area (Å²) in [6.07, 6.45) is 5.89. The molecule has 3 aliphatic carbocycles. The van der Waals surface area contributed by atoms with Crippen LogP contribution in [0.2, 0.25) is 0 Å². The van der Waals surface area contributed by atoms with Gasteiger partial charge < -0.3 is 17.7 Å². The number of nitrogens with two attached hydrogens (primary N) is 1. The van der Waals surface area contributed by atoms with Gasteiger partial charge >= 0.3 is 0 Å². The summed E-state index contributed by atoms with van der Waals surface area (Å²) in [5.41, 5.74) is 1.58. The number of quaternary nitrogens is 1. The average Bonchev–Trinajstić information content (AvgIpc) is 2.42. The van der Waals surface area contributed by atoms with Gasteiger partial charge in [0.25, 0.3) is 0 Å². The van der Waals surface area contributed by atoms with Gasteiger partial charge in [-0.05, 0) is 61.1 Å². The van der Waals surface area contributed by atoms with Crippen LogP contribution in [0.3, 0.4) is 0 Å². The molecule has 0 spiro atoms. The average molecular weight is 345 g/mol. The zero-order valence-corrected chi connectivity index (χ0v) is 13.8. The largest absolute Gasteiger partial charge is 1.00 e. The zero-order chi connectivity index (χ0) is 12.5. The summed E-state index contributed by atoms with van der Waals surface area (Å²) in [6, 6.07) is 9.12. The van der Waals surface area contributed by atoms with Gasteiger partial charge in [0.1, 0.15) is 0 Å². The topological polar surface area (TPSA) is 16.6 Å². The van der Waals surface area contributed by atoms with E-state index >= 15 is 0 Å². The van der Waals surface area contributed by atoms with E-state index < -0.39 is 0 Å². The second kappa shape index (κ2) is 6.60. The molecule has 0 saturated heterocycles. The van der Waals surface area contributed by atoms with Crippen molar-refractivity contribution in [2.75, 3.05) is 13.6 Å². The Labute approximate surface area is 131 Å². The van der Waals surface area contributed by atoms with Crippen LogP contribution in [0, 0.1) is 17.8 Å². The molecule has 2 atom stereocenters. The highest BCUT2D eigenvalue weighted by atomic mass is 79.9. The molecule has 2 unspecified atom stereocenters. The monoisotopic (exact) mass is 343 g/mol. The molecule has 0 heterocycles. The van der Waals surface area contributed by atoms with Crippen molar-refractivity contribution in [3.63, 3.8) is 0 Å². The van der Waals surface area contributed by atoms with Crippen LogP contribution in [0.1, 0.15) is 37.2 Å². The Bertz CT molecular complexity index is 398. The van der Waals surface area contributed by atoms with E-state index in [1.54, 1.807) is 5.56 Å². The molecule has 4 rings (SSSR count). The number of benzene rings is 1. The molecular formula is C16H23BrClN. The van der Waals surface area contributed by atoms with Crippen LogP contribution >= 0.6 is 15.9 Å². The van der Waals surface area contributed by atoms with Gasteiger partial charge in [0.05, 0.1) is 13.6 Å². The zero-order valence-electron chi connectivity index (χ0n) is 11.5. The predicted octanol–water partition coefficient (Wildman–Crippen LogP) is 0.166. The first-order valence-electron chi connectivity index (χ1n) is 7.33. The van der Waals surface area contributed by atoms with Crippen molar-refractivity contribution in [1.82, 2.24) is 0 Å². The third kappa shape index (κ3) is 3.01. The fourth-order valence-electron chi connectivity index (χ4n) is 4.39. The molecule has 0 aliphatic heterocycles. The van der Waals surface area contributed by atoms with Crippen LogP contribution in [-0.2, 0) is 0 Å². The van der Waals surface area contributed by atoms with Crippen molar-refractivity contribution < 1.29 is 17.7 Å². The van der Waals surface area contributed by atoms with Crippen LogP contribution < -0.4 is 17.7 Å². The summed E-state index contributed by atoms with van der Waals surface area (Å²) in [5, 5.41) is 2.39. The molecule has 1 aromatic carbocycles. The lowest BCUT2D eigenvalue weighted by atomic mass is 9.57. The molecule has 2 bridgehead atoms. The van der Waals surface area contributed by atoms with Crippen LogP contribution in [0.15, 0.2) is 28.7 Å². The van der Waals surface area contributed by atoms with Crippen molar-refractivity contribution in [3.8, 4) is 0 Å². The Kier molecular flexibility index (Phi) is 5.33. The molecule has 19 heavy (non-hydrogen) atoms. The summed E-state index contributed by atoms with van der Waals surface area (Å²) in [6.45, 7) is 1.31. The summed E-state index contributed by atoms with van der Waals surface area (Å²) in [7, 11) is 2.22. The standard InChI is InChI=1S/C16H22BrN.ClH/c1-18-10-15-11-2-4-12(5-3-11)16(15)13-6-8-14(17)9-7-13;/h6-9,11-12,15-16,18H,2-5,10H2,1H3;1H. The highest BCUT2D eigenvalue weighted by molar-refractivity contribution is 9.10. The van der Waals surface area contributed by atoms with Crippen LogP contribution in [0.4, 0.5) is 0 Å². The van der Waals surface area contributed by atoms with Crippen molar-refractivity contribution in [3.05, 3.63) is 34.3 Å². The Morgan fingerprint density at radius 2 is 1.63 bits per heavy atom. The van der Waals surface area contributed by atoms with E-state index in [1.165, 1.54) is 36.7 Å². The van der Waals surface area contributed by atoms with Gasteiger partial charge in [0, 0.05) is 10.4 Å². The molecule has 1 aromatic rings. The third-order valence-electron chi connectivity index (χ3n) is 5.15. The maximum atomic E-state index is 3.55. The normalized spacial score (nSPS) is 32.9. The van der Waals surface area contributed by atoms with Crippen LogP contribution in [0.25, 0.3) is 0 Å². The van der Waals surface area contributed by atoms with Gasteiger partial charge in [0.2, 0.25) is 0 Å². The van der Waals surface area contributed by atoms with Crippen molar-refractivity contribution in [2.24, 2.45) is 17.8 Å².